The molecule has 130 valence electrons. The number of para-hydroxylation sites is 1. The third-order valence-electron chi connectivity index (χ3n) is 3.46. The zero-order valence-corrected chi connectivity index (χ0v) is 12.4. The highest BCUT2D eigenvalue weighted by atomic mass is 19.4. The maximum Gasteiger partial charge on any atom is 0.424 e. The minimum absolute atomic E-state index is 0.111. The van der Waals surface area contributed by atoms with Gasteiger partial charge in [0.15, 0.2) is 0 Å². The van der Waals surface area contributed by atoms with Crippen LogP contribution in [0.15, 0.2) is 54.6 Å². The van der Waals surface area contributed by atoms with E-state index in [2.05, 4.69) is 0 Å². The van der Waals surface area contributed by atoms with Gasteiger partial charge in [0, 0.05) is 5.69 Å². The second-order valence-corrected chi connectivity index (χ2v) is 4.97. The first-order valence-corrected chi connectivity index (χ1v) is 6.73. The second kappa shape index (κ2) is 6.26. The molecule has 0 bridgehead atoms. The van der Waals surface area contributed by atoms with E-state index in [1.807, 2.05) is 0 Å². The molecule has 0 aliphatic carbocycles. The van der Waals surface area contributed by atoms with Crippen LogP contribution in [0.3, 0.4) is 0 Å². The van der Waals surface area contributed by atoms with Gasteiger partial charge in [0.25, 0.3) is 5.54 Å². The lowest BCUT2D eigenvalue weighted by Crippen LogP contribution is -2.59. The number of nitrogens with one attached hydrogen (secondary N) is 1. The number of methoxy groups -OCH3 is 1. The molecule has 0 radical (unpaired) electrons. The highest BCUT2D eigenvalue weighted by Crippen LogP contribution is 2.52. The third kappa shape index (κ3) is 3.13. The van der Waals surface area contributed by atoms with Crippen LogP contribution >= 0.6 is 0 Å². The molecule has 0 unspecified atom stereocenters. The Labute approximate surface area is 134 Å². The van der Waals surface area contributed by atoms with Gasteiger partial charge in [-0.15, -0.1) is 0 Å². The number of anilines is 1. The van der Waals surface area contributed by atoms with Crippen molar-refractivity contribution in [1.29, 1.82) is 0 Å². The minimum atomic E-state index is -5.65. The van der Waals surface area contributed by atoms with Gasteiger partial charge in [-0.25, -0.2) is 0 Å². The van der Waals surface area contributed by atoms with Crippen LogP contribution in [0.1, 0.15) is 5.56 Å². The number of alkyl halides is 6. The lowest BCUT2D eigenvalue weighted by atomic mass is 9.87. The number of hydrogen-bond donors (Lipinski definition) is 1. The standard InChI is InChI=1S/C16H13F6NO/c1-24-13-9-5-6-11(10-13)14(15(17,18)19,16(20,21)22)23-12-7-3-2-4-8-12/h2-10,23H,1H3. The van der Waals surface area contributed by atoms with E-state index < -0.39 is 23.5 Å². The third-order valence-corrected chi connectivity index (χ3v) is 3.46. The first kappa shape index (κ1) is 18.0. The largest absolute Gasteiger partial charge is 0.497 e. The second-order valence-electron chi connectivity index (χ2n) is 4.97. The van der Waals surface area contributed by atoms with Gasteiger partial charge in [0.1, 0.15) is 5.75 Å². The quantitative estimate of drug-likeness (QED) is 0.773. The van der Waals surface area contributed by atoms with Crippen LogP contribution < -0.4 is 10.1 Å². The monoisotopic (exact) mass is 349 g/mol. The number of halogens is 6. The van der Waals surface area contributed by atoms with E-state index in [9.17, 15) is 26.3 Å². The van der Waals surface area contributed by atoms with E-state index >= 15 is 0 Å². The molecule has 2 aromatic rings. The summed E-state index contributed by atoms with van der Waals surface area (Å²) in [4.78, 5) is 0. The average Bonchev–Trinajstić information content (AvgIpc) is 2.51. The van der Waals surface area contributed by atoms with Crippen LogP contribution in [-0.2, 0) is 5.54 Å². The smallest absolute Gasteiger partial charge is 0.424 e. The maximum absolute atomic E-state index is 13.7. The summed E-state index contributed by atoms with van der Waals surface area (Å²) < 4.78 is 86.7. The summed E-state index contributed by atoms with van der Waals surface area (Å²) in [5.74, 6) is -0.111. The van der Waals surface area contributed by atoms with Gasteiger partial charge < -0.3 is 10.1 Å². The van der Waals surface area contributed by atoms with Crippen molar-refractivity contribution >= 4 is 5.69 Å². The molecule has 0 saturated heterocycles. The van der Waals surface area contributed by atoms with Gasteiger partial charge in [-0.2, -0.15) is 26.3 Å². The molecule has 0 saturated carbocycles. The Morgan fingerprint density at radius 3 is 1.88 bits per heavy atom. The van der Waals surface area contributed by atoms with Crippen LogP contribution in [0.25, 0.3) is 0 Å². The molecule has 0 spiro atoms. The van der Waals surface area contributed by atoms with Crippen molar-refractivity contribution in [2.45, 2.75) is 17.9 Å². The highest BCUT2D eigenvalue weighted by molar-refractivity contribution is 5.51. The van der Waals surface area contributed by atoms with Gasteiger partial charge in [0.2, 0.25) is 0 Å². The molecule has 0 aliphatic heterocycles. The Morgan fingerprint density at radius 1 is 0.792 bits per heavy atom. The zero-order chi connectivity index (χ0) is 18.0. The van der Waals surface area contributed by atoms with Gasteiger partial charge in [-0.05, 0) is 29.8 Å². The fraction of sp³-hybridized carbons (Fsp3) is 0.250. The fourth-order valence-electron chi connectivity index (χ4n) is 2.30. The molecule has 2 nitrogen and oxygen atoms in total. The molecule has 8 heteroatoms. The Bertz CT molecular complexity index is 667. The lowest BCUT2D eigenvalue weighted by Gasteiger charge is -2.39. The normalized spacial score (nSPS) is 12.8. The highest BCUT2D eigenvalue weighted by Gasteiger charge is 2.72. The molecule has 24 heavy (non-hydrogen) atoms. The van der Waals surface area contributed by atoms with Crippen LogP contribution in [0.5, 0.6) is 5.75 Å². The van der Waals surface area contributed by atoms with Crippen molar-refractivity contribution in [3.8, 4) is 5.75 Å². The molecule has 0 heterocycles. The number of rotatable bonds is 4. The summed E-state index contributed by atoms with van der Waals surface area (Å²) in [6, 6.07) is 10.3. The molecule has 2 aromatic carbocycles. The summed E-state index contributed by atoms with van der Waals surface area (Å²) >= 11 is 0. The van der Waals surface area contributed by atoms with Crippen molar-refractivity contribution in [3.63, 3.8) is 0 Å². The van der Waals surface area contributed by atoms with Crippen molar-refractivity contribution in [3.05, 3.63) is 60.2 Å². The van der Waals surface area contributed by atoms with E-state index in [-0.39, 0.29) is 11.4 Å². The number of benzene rings is 2. The van der Waals surface area contributed by atoms with Crippen LogP contribution in [-0.4, -0.2) is 19.5 Å². The summed E-state index contributed by atoms with van der Waals surface area (Å²) in [6.45, 7) is 0. The Morgan fingerprint density at radius 2 is 1.38 bits per heavy atom. The average molecular weight is 349 g/mol. The Kier molecular flexibility index (Phi) is 4.68. The minimum Gasteiger partial charge on any atom is -0.497 e. The van der Waals surface area contributed by atoms with E-state index in [0.29, 0.717) is 0 Å². The molecule has 0 atom stereocenters. The zero-order valence-electron chi connectivity index (χ0n) is 12.4. The van der Waals surface area contributed by atoms with Crippen LogP contribution in [0.2, 0.25) is 0 Å². The van der Waals surface area contributed by atoms with Crippen molar-refractivity contribution in [2.24, 2.45) is 0 Å². The number of hydrogen-bond acceptors (Lipinski definition) is 2. The Hall–Kier alpha value is -2.38. The lowest BCUT2D eigenvalue weighted by molar-refractivity contribution is -0.293. The maximum atomic E-state index is 13.7. The summed E-state index contributed by atoms with van der Waals surface area (Å²) in [5, 5.41) is 1.63. The van der Waals surface area contributed by atoms with E-state index in [1.54, 1.807) is 5.32 Å². The first-order chi connectivity index (χ1) is 11.1. The number of ether oxygens (including phenoxy) is 1. The molecule has 0 aromatic heterocycles. The molecule has 2 rings (SSSR count). The molecule has 1 N–H and O–H groups in total. The molecule has 0 amide bonds. The topological polar surface area (TPSA) is 21.3 Å². The van der Waals surface area contributed by atoms with Crippen molar-refractivity contribution < 1.29 is 31.1 Å². The summed E-state index contributed by atoms with van der Waals surface area (Å²) in [6.07, 6.45) is -11.3. The molecular weight excluding hydrogens is 336 g/mol. The molecular formula is C16H13F6NO. The Balaban J connectivity index is 2.71. The van der Waals surface area contributed by atoms with Gasteiger partial charge in [0.05, 0.1) is 7.11 Å². The summed E-state index contributed by atoms with van der Waals surface area (Å²) in [5.41, 5.74) is -5.59. The molecule has 0 fully saturated rings. The SMILES string of the molecule is COc1cccc(C(Nc2ccccc2)(C(F)(F)F)C(F)(F)F)c1. The van der Waals surface area contributed by atoms with Crippen LogP contribution in [0, 0.1) is 0 Å². The fourth-order valence-corrected chi connectivity index (χ4v) is 2.30. The van der Waals surface area contributed by atoms with E-state index in [4.69, 9.17) is 4.74 Å². The van der Waals surface area contributed by atoms with Gasteiger partial charge in [-0.3, -0.25) is 0 Å². The predicted octanol–water partition coefficient (Wildman–Crippen LogP) is 5.13. The van der Waals surface area contributed by atoms with Crippen molar-refractivity contribution in [2.75, 3.05) is 12.4 Å². The van der Waals surface area contributed by atoms with Crippen molar-refractivity contribution in [1.82, 2.24) is 0 Å². The van der Waals surface area contributed by atoms with Crippen LogP contribution in [0.4, 0.5) is 32.0 Å². The van der Waals surface area contributed by atoms with E-state index in [0.717, 1.165) is 37.4 Å². The van der Waals surface area contributed by atoms with E-state index in [1.165, 1.54) is 24.3 Å². The van der Waals surface area contributed by atoms with Gasteiger partial charge in [-0.1, -0.05) is 30.3 Å². The molecule has 0 aliphatic rings. The first-order valence-electron chi connectivity index (χ1n) is 6.73. The summed E-state index contributed by atoms with van der Waals surface area (Å²) in [7, 11) is 1.16. The van der Waals surface area contributed by atoms with Gasteiger partial charge >= 0.3 is 12.4 Å². The predicted molar refractivity (Wildman–Crippen MR) is 76.8 cm³/mol.